The molecule has 0 aromatic carbocycles. The van der Waals surface area contributed by atoms with Crippen molar-refractivity contribution in [1.29, 1.82) is 0 Å². The molecule has 20 heavy (non-hydrogen) atoms. The van der Waals surface area contributed by atoms with E-state index in [1.807, 2.05) is 5.38 Å². The van der Waals surface area contributed by atoms with E-state index in [4.69, 9.17) is 5.11 Å². The number of carbonyl (C=O) groups excluding carboxylic acids is 1. The summed E-state index contributed by atoms with van der Waals surface area (Å²) in [4.78, 5) is 27.6. The second-order valence-corrected chi connectivity index (χ2v) is 6.09. The van der Waals surface area contributed by atoms with Gasteiger partial charge in [-0.15, -0.1) is 22.7 Å². The largest absolute Gasteiger partial charge is 0.477 e. The minimum atomic E-state index is -1.01. The lowest BCUT2D eigenvalue weighted by molar-refractivity contribution is 0.0702. The van der Waals surface area contributed by atoms with E-state index in [1.165, 1.54) is 12.1 Å². The Morgan fingerprint density at radius 2 is 2.10 bits per heavy atom. The molecule has 0 bridgehead atoms. The molecule has 0 atom stereocenters. The van der Waals surface area contributed by atoms with Crippen LogP contribution in [0.5, 0.6) is 0 Å². The number of thiophene rings is 1. The standard InChI is InChI=1S/C13H14N2O3S2/c1-2-11-15-8(7-19-11)5-6-14-12(16)9-3-4-10(20-9)13(17)18/h3-4,7H,2,5-6H2,1H3,(H,14,16)(H,17,18). The van der Waals surface area contributed by atoms with Crippen molar-refractivity contribution in [3.8, 4) is 0 Å². The molecule has 0 unspecified atom stereocenters. The summed E-state index contributed by atoms with van der Waals surface area (Å²) in [5.74, 6) is -1.25. The van der Waals surface area contributed by atoms with Crippen molar-refractivity contribution in [2.75, 3.05) is 6.54 Å². The number of aromatic carboxylic acids is 1. The highest BCUT2D eigenvalue weighted by Crippen LogP contribution is 2.16. The van der Waals surface area contributed by atoms with Crippen molar-refractivity contribution in [3.05, 3.63) is 38.0 Å². The molecule has 0 aliphatic heterocycles. The third-order valence-electron chi connectivity index (χ3n) is 2.61. The molecular weight excluding hydrogens is 296 g/mol. The first-order valence-corrected chi connectivity index (χ1v) is 7.84. The molecule has 2 heterocycles. The molecule has 7 heteroatoms. The lowest BCUT2D eigenvalue weighted by Crippen LogP contribution is -2.24. The maximum Gasteiger partial charge on any atom is 0.345 e. The number of carboxylic acids is 1. The number of aromatic nitrogens is 1. The molecule has 2 rings (SSSR count). The summed E-state index contributed by atoms with van der Waals surface area (Å²) >= 11 is 2.60. The number of nitrogens with zero attached hydrogens (tertiary/aromatic N) is 1. The van der Waals surface area contributed by atoms with E-state index in [-0.39, 0.29) is 10.8 Å². The molecule has 106 valence electrons. The van der Waals surface area contributed by atoms with E-state index in [1.54, 1.807) is 11.3 Å². The van der Waals surface area contributed by atoms with E-state index in [0.717, 1.165) is 28.5 Å². The Balaban J connectivity index is 1.83. The van der Waals surface area contributed by atoms with Crippen LogP contribution < -0.4 is 5.32 Å². The number of rotatable bonds is 6. The van der Waals surface area contributed by atoms with E-state index < -0.39 is 5.97 Å². The number of hydrogen-bond acceptors (Lipinski definition) is 5. The second-order valence-electron chi connectivity index (χ2n) is 4.06. The summed E-state index contributed by atoms with van der Waals surface area (Å²) in [5, 5.41) is 14.7. The predicted octanol–water partition coefficient (Wildman–Crippen LogP) is 2.44. The molecule has 1 amide bonds. The van der Waals surface area contributed by atoms with Gasteiger partial charge in [-0.2, -0.15) is 0 Å². The monoisotopic (exact) mass is 310 g/mol. The summed E-state index contributed by atoms with van der Waals surface area (Å²) in [5.41, 5.74) is 0.976. The third kappa shape index (κ3) is 3.64. The number of aryl methyl sites for hydroxylation is 1. The average molecular weight is 310 g/mol. The van der Waals surface area contributed by atoms with Crippen molar-refractivity contribution in [2.45, 2.75) is 19.8 Å². The van der Waals surface area contributed by atoms with Crippen LogP contribution in [-0.4, -0.2) is 28.5 Å². The zero-order valence-corrected chi connectivity index (χ0v) is 12.5. The van der Waals surface area contributed by atoms with E-state index in [0.29, 0.717) is 17.8 Å². The minimum absolute atomic E-state index is 0.169. The number of carbonyl (C=O) groups is 2. The molecular formula is C13H14N2O3S2. The zero-order chi connectivity index (χ0) is 14.5. The van der Waals surface area contributed by atoms with Gasteiger partial charge in [0.2, 0.25) is 0 Å². The van der Waals surface area contributed by atoms with Crippen molar-refractivity contribution in [1.82, 2.24) is 10.3 Å². The summed E-state index contributed by atoms with van der Waals surface area (Å²) in [6, 6.07) is 2.97. The van der Waals surface area contributed by atoms with Gasteiger partial charge in [-0.25, -0.2) is 9.78 Å². The Morgan fingerprint density at radius 3 is 2.70 bits per heavy atom. The summed E-state index contributed by atoms with van der Waals surface area (Å²) < 4.78 is 0. The molecule has 2 aromatic rings. The number of nitrogens with one attached hydrogen (secondary N) is 1. The van der Waals surface area contributed by atoms with Crippen molar-refractivity contribution in [2.24, 2.45) is 0 Å². The fourth-order valence-corrected chi connectivity index (χ4v) is 3.13. The van der Waals surface area contributed by atoms with Gasteiger partial charge in [0.1, 0.15) is 4.88 Å². The highest BCUT2D eigenvalue weighted by molar-refractivity contribution is 7.15. The molecule has 0 aliphatic rings. The van der Waals surface area contributed by atoms with Crippen LogP contribution in [0, 0.1) is 0 Å². The maximum atomic E-state index is 11.8. The molecule has 2 N–H and O–H groups in total. The Bertz CT molecular complexity index is 619. The van der Waals surface area contributed by atoms with Gasteiger partial charge in [0, 0.05) is 18.3 Å². The molecule has 0 saturated heterocycles. The zero-order valence-electron chi connectivity index (χ0n) is 10.9. The maximum absolute atomic E-state index is 11.8. The Kier molecular flexibility index (Phi) is 4.86. The van der Waals surface area contributed by atoms with Crippen molar-refractivity contribution < 1.29 is 14.7 Å². The van der Waals surface area contributed by atoms with Gasteiger partial charge in [0.25, 0.3) is 5.91 Å². The first kappa shape index (κ1) is 14.7. The van der Waals surface area contributed by atoms with Gasteiger partial charge in [0.05, 0.1) is 15.6 Å². The molecule has 0 spiro atoms. The number of thiazole rings is 1. The minimum Gasteiger partial charge on any atom is -0.477 e. The number of carboxylic acid groups (broad SMARTS) is 1. The van der Waals surface area contributed by atoms with Crippen LogP contribution in [0.3, 0.4) is 0 Å². The fourth-order valence-electron chi connectivity index (χ4n) is 1.59. The van der Waals surface area contributed by atoms with Crippen LogP contribution >= 0.6 is 22.7 Å². The molecule has 0 aliphatic carbocycles. The highest BCUT2D eigenvalue weighted by atomic mass is 32.1. The molecule has 2 aromatic heterocycles. The van der Waals surface area contributed by atoms with Crippen LogP contribution in [0.25, 0.3) is 0 Å². The first-order chi connectivity index (χ1) is 9.60. The van der Waals surface area contributed by atoms with E-state index in [2.05, 4.69) is 17.2 Å². The van der Waals surface area contributed by atoms with Gasteiger partial charge in [-0.3, -0.25) is 4.79 Å². The van der Waals surface area contributed by atoms with E-state index in [9.17, 15) is 9.59 Å². The van der Waals surface area contributed by atoms with Crippen LogP contribution in [0.1, 0.15) is 37.0 Å². The lowest BCUT2D eigenvalue weighted by atomic mass is 10.3. The second kappa shape index (κ2) is 6.62. The fraction of sp³-hybridized carbons (Fsp3) is 0.308. The van der Waals surface area contributed by atoms with Gasteiger partial charge >= 0.3 is 5.97 Å². The van der Waals surface area contributed by atoms with Crippen molar-refractivity contribution >= 4 is 34.6 Å². The van der Waals surface area contributed by atoms with E-state index >= 15 is 0 Å². The van der Waals surface area contributed by atoms with Crippen molar-refractivity contribution in [3.63, 3.8) is 0 Å². The summed E-state index contributed by atoms with van der Waals surface area (Å²) in [7, 11) is 0. The summed E-state index contributed by atoms with van der Waals surface area (Å²) in [6.45, 7) is 2.55. The van der Waals surface area contributed by atoms with Crippen LogP contribution in [0.4, 0.5) is 0 Å². The lowest BCUT2D eigenvalue weighted by Gasteiger charge is -2.01. The van der Waals surface area contributed by atoms with Crippen LogP contribution in [-0.2, 0) is 12.8 Å². The van der Waals surface area contributed by atoms with Gasteiger partial charge in [-0.1, -0.05) is 6.92 Å². The van der Waals surface area contributed by atoms with Gasteiger partial charge in [0.15, 0.2) is 0 Å². The first-order valence-electron chi connectivity index (χ1n) is 6.14. The number of hydrogen-bond donors (Lipinski definition) is 2. The Labute approximate surface area is 124 Å². The Hall–Kier alpha value is -1.73. The molecule has 5 nitrogen and oxygen atoms in total. The highest BCUT2D eigenvalue weighted by Gasteiger charge is 2.12. The number of amides is 1. The van der Waals surface area contributed by atoms with Gasteiger partial charge < -0.3 is 10.4 Å². The van der Waals surface area contributed by atoms with Crippen LogP contribution in [0.2, 0.25) is 0 Å². The van der Waals surface area contributed by atoms with Gasteiger partial charge in [-0.05, 0) is 18.6 Å². The molecule has 0 saturated carbocycles. The van der Waals surface area contributed by atoms with Crippen LogP contribution in [0.15, 0.2) is 17.5 Å². The normalized spacial score (nSPS) is 10.4. The Morgan fingerprint density at radius 1 is 1.35 bits per heavy atom. The smallest absolute Gasteiger partial charge is 0.345 e. The quantitative estimate of drug-likeness (QED) is 0.859. The SMILES string of the molecule is CCc1nc(CCNC(=O)c2ccc(C(=O)O)s2)cs1. The predicted molar refractivity (Wildman–Crippen MR) is 78.8 cm³/mol. The molecule has 0 radical (unpaired) electrons. The topological polar surface area (TPSA) is 79.3 Å². The molecule has 0 fully saturated rings. The summed E-state index contributed by atoms with van der Waals surface area (Å²) in [6.07, 6.45) is 1.60. The third-order valence-corrected chi connectivity index (χ3v) is 4.72. The average Bonchev–Trinajstić information content (AvgIpc) is 3.07.